The summed E-state index contributed by atoms with van der Waals surface area (Å²) in [6, 6.07) is 85.8. The Morgan fingerprint density at radius 1 is 0.228 bits per heavy atom. The van der Waals surface area contributed by atoms with Crippen LogP contribution in [0.25, 0.3) is 77.2 Å². The predicted octanol–water partition coefficient (Wildman–Crippen LogP) is 15.8. The van der Waals surface area contributed by atoms with Gasteiger partial charge in [0.15, 0.2) is 0 Å². The Kier molecular flexibility index (Phi) is 8.95. The number of nitrogens with zero attached hydrogens (tertiary/aromatic N) is 1. The van der Waals surface area contributed by atoms with E-state index in [-0.39, 0.29) is 0 Å². The molecule has 0 saturated heterocycles. The van der Waals surface area contributed by atoms with Gasteiger partial charge in [0.25, 0.3) is 0 Å². The van der Waals surface area contributed by atoms with Gasteiger partial charge in [-0.05, 0) is 108 Å². The van der Waals surface area contributed by atoms with E-state index in [4.69, 9.17) is 0 Å². The molecule has 0 fully saturated rings. The molecule has 10 rings (SSSR count). The van der Waals surface area contributed by atoms with Crippen LogP contribution in [0.3, 0.4) is 0 Å². The summed E-state index contributed by atoms with van der Waals surface area (Å²) in [7, 11) is 0. The van der Waals surface area contributed by atoms with Crippen molar-refractivity contribution in [1.82, 2.24) is 0 Å². The Balaban J connectivity index is 1.18. The molecule has 0 spiro atoms. The summed E-state index contributed by atoms with van der Waals surface area (Å²) in [5, 5.41) is 4.95. The maximum Gasteiger partial charge on any atom is 0.0540 e. The Labute approximate surface area is 334 Å². The van der Waals surface area contributed by atoms with Crippen molar-refractivity contribution < 1.29 is 0 Å². The molecular formula is C56H39N. The molecule has 0 bridgehead atoms. The third kappa shape index (κ3) is 6.56. The number of para-hydroxylation sites is 1. The van der Waals surface area contributed by atoms with Crippen molar-refractivity contribution in [2.24, 2.45) is 0 Å². The van der Waals surface area contributed by atoms with Crippen molar-refractivity contribution in [1.29, 1.82) is 0 Å². The monoisotopic (exact) mass is 725 g/mol. The van der Waals surface area contributed by atoms with E-state index in [0.29, 0.717) is 0 Å². The summed E-state index contributed by atoms with van der Waals surface area (Å²) >= 11 is 0. The van der Waals surface area contributed by atoms with E-state index in [1.807, 2.05) is 0 Å². The molecule has 0 unspecified atom stereocenters. The van der Waals surface area contributed by atoms with Gasteiger partial charge >= 0.3 is 0 Å². The lowest BCUT2D eigenvalue weighted by Gasteiger charge is -2.29. The van der Waals surface area contributed by atoms with E-state index in [1.165, 1.54) is 71.6 Å². The number of anilines is 3. The molecule has 0 aliphatic heterocycles. The van der Waals surface area contributed by atoms with E-state index in [1.54, 1.807) is 0 Å². The molecule has 0 amide bonds. The molecule has 1 nitrogen and oxygen atoms in total. The number of benzene rings is 10. The highest BCUT2D eigenvalue weighted by molar-refractivity contribution is 6.00. The number of hydrogen-bond donors (Lipinski definition) is 0. The fraction of sp³-hybridized carbons (Fsp3) is 0. The predicted molar refractivity (Wildman–Crippen MR) is 243 cm³/mol. The molecular weight excluding hydrogens is 687 g/mol. The van der Waals surface area contributed by atoms with E-state index in [2.05, 4.69) is 241 Å². The molecule has 0 atom stereocenters. The molecule has 0 aromatic heterocycles. The van der Waals surface area contributed by atoms with Crippen molar-refractivity contribution >= 4 is 38.6 Å². The average Bonchev–Trinajstić information content (AvgIpc) is 3.29. The minimum atomic E-state index is 1.09. The summed E-state index contributed by atoms with van der Waals surface area (Å²) in [5.74, 6) is 0. The summed E-state index contributed by atoms with van der Waals surface area (Å²) in [6.45, 7) is 0. The highest BCUT2D eigenvalue weighted by Crippen LogP contribution is 2.46. The zero-order chi connectivity index (χ0) is 38.0. The third-order valence-corrected chi connectivity index (χ3v) is 11.1. The smallest absolute Gasteiger partial charge is 0.0540 e. The highest BCUT2D eigenvalue weighted by Gasteiger charge is 2.21. The molecule has 10 aromatic carbocycles. The van der Waals surface area contributed by atoms with Crippen LogP contribution in [0.4, 0.5) is 17.1 Å². The Hall–Kier alpha value is -7.48. The fourth-order valence-corrected chi connectivity index (χ4v) is 8.35. The van der Waals surface area contributed by atoms with Gasteiger partial charge in [0.05, 0.1) is 5.69 Å². The lowest BCUT2D eigenvalue weighted by molar-refractivity contribution is 1.28. The van der Waals surface area contributed by atoms with Crippen molar-refractivity contribution in [3.05, 3.63) is 237 Å². The molecule has 1 heteroatoms. The second-order valence-corrected chi connectivity index (χ2v) is 14.5. The highest BCUT2D eigenvalue weighted by atomic mass is 15.1. The van der Waals surface area contributed by atoms with Crippen LogP contribution in [0.2, 0.25) is 0 Å². The molecule has 0 radical (unpaired) electrons. The summed E-state index contributed by atoms with van der Waals surface area (Å²) in [6.07, 6.45) is 0. The van der Waals surface area contributed by atoms with Crippen LogP contribution < -0.4 is 4.90 Å². The number of rotatable bonds is 8. The van der Waals surface area contributed by atoms with Crippen LogP contribution >= 0.6 is 0 Å². The van der Waals surface area contributed by atoms with Crippen molar-refractivity contribution in [2.45, 2.75) is 0 Å². The Bertz CT molecular complexity index is 3030. The summed E-state index contributed by atoms with van der Waals surface area (Å²) < 4.78 is 0. The molecule has 57 heavy (non-hydrogen) atoms. The first-order chi connectivity index (χ1) is 28.3. The van der Waals surface area contributed by atoms with Crippen molar-refractivity contribution in [3.63, 3.8) is 0 Å². The molecule has 0 heterocycles. The second-order valence-electron chi connectivity index (χ2n) is 14.5. The second kappa shape index (κ2) is 15.0. The van der Waals surface area contributed by atoms with Gasteiger partial charge in [-0.15, -0.1) is 0 Å². The van der Waals surface area contributed by atoms with Gasteiger partial charge in [-0.2, -0.15) is 0 Å². The minimum Gasteiger partial charge on any atom is -0.310 e. The zero-order valence-electron chi connectivity index (χ0n) is 31.5. The van der Waals surface area contributed by atoms with Crippen molar-refractivity contribution in [2.75, 3.05) is 4.90 Å². The Morgan fingerprint density at radius 3 is 1.47 bits per heavy atom. The minimum absolute atomic E-state index is 1.09. The first-order valence-electron chi connectivity index (χ1n) is 19.6. The SMILES string of the molecule is c1ccc(-c2ccccc2-c2ccccc2-c2ccccc2N(c2cccc(-c3ccc4ccccc4c3)c2)c2cccc(-c3cccc4ccccc34)c2)cc1. The van der Waals surface area contributed by atoms with Crippen LogP contribution in [-0.2, 0) is 0 Å². The van der Waals surface area contributed by atoms with Crippen molar-refractivity contribution in [3.8, 4) is 55.6 Å². The van der Waals surface area contributed by atoms with Gasteiger partial charge in [0.2, 0.25) is 0 Å². The molecule has 10 aromatic rings. The normalized spacial score (nSPS) is 11.2. The lowest BCUT2D eigenvalue weighted by atomic mass is 9.88. The van der Waals surface area contributed by atoms with Gasteiger partial charge in [-0.3, -0.25) is 0 Å². The van der Waals surface area contributed by atoms with Gasteiger partial charge < -0.3 is 4.90 Å². The van der Waals surface area contributed by atoms with Crippen LogP contribution in [-0.4, -0.2) is 0 Å². The fourth-order valence-electron chi connectivity index (χ4n) is 8.35. The van der Waals surface area contributed by atoms with E-state index >= 15 is 0 Å². The largest absolute Gasteiger partial charge is 0.310 e. The molecule has 0 aliphatic rings. The van der Waals surface area contributed by atoms with E-state index in [9.17, 15) is 0 Å². The maximum absolute atomic E-state index is 2.44. The molecule has 0 N–H and O–H groups in total. The molecule has 268 valence electrons. The summed E-state index contributed by atoms with van der Waals surface area (Å²) in [5.41, 5.74) is 15.2. The van der Waals surface area contributed by atoms with Gasteiger partial charge in [0.1, 0.15) is 0 Å². The van der Waals surface area contributed by atoms with Gasteiger partial charge in [-0.1, -0.05) is 200 Å². The van der Waals surface area contributed by atoms with E-state index < -0.39 is 0 Å². The number of hydrogen-bond acceptors (Lipinski definition) is 1. The third-order valence-electron chi connectivity index (χ3n) is 11.1. The van der Waals surface area contributed by atoms with E-state index in [0.717, 1.165) is 22.6 Å². The van der Waals surface area contributed by atoms with Crippen LogP contribution in [0.1, 0.15) is 0 Å². The van der Waals surface area contributed by atoms with Crippen LogP contribution in [0.5, 0.6) is 0 Å². The molecule has 0 aliphatic carbocycles. The van der Waals surface area contributed by atoms with Gasteiger partial charge in [0, 0.05) is 16.9 Å². The van der Waals surface area contributed by atoms with Crippen LogP contribution in [0, 0.1) is 0 Å². The average molecular weight is 726 g/mol. The summed E-state index contributed by atoms with van der Waals surface area (Å²) in [4.78, 5) is 2.44. The topological polar surface area (TPSA) is 3.24 Å². The first kappa shape index (κ1) is 34.0. The van der Waals surface area contributed by atoms with Crippen LogP contribution in [0.15, 0.2) is 237 Å². The standard InChI is InChI=1S/C56H39N/c1-2-18-41(19-3-1)50-28-8-9-29-52(50)53-30-10-11-31-54(53)55-32-12-13-34-56(55)57(47-25-14-23-44(38-47)45-36-35-40-17-4-5-21-43(40)37-45)48-26-15-24-46(39-48)51-33-16-22-42-20-6-7-27-49(42)51/h1-39H. The zero-order valence-corrected chi connectivity index (χ0v) is 31.5. The maximum atomic E-state index is 2.44. The quantitative estimate of drug-likeness (QED) is 0.151. The number of fused-ring (bicyclic) bond motifs is 2. The Morgan fingerprint density at radius 2 is 0.702 bits per heavy atom. The lowest BCUT2D eigenvalue weighted by Crippen LogP contribution is -2.11. The van der Waals surface area contributed by atoms with Gasteiger partial charge in [-0.25, -0.2) is 0 Å². The molecule has 0 saturated carbocycles. The first-order valence-corrected chi connectivity index (χ1v) is 19.6.